The molecule has 110 valence electrons. The van der Waals surface area contributed by atoms with E-state index in [1.807, 2.05) is 13.8 Å². The summed E-state index contributed by atoms with van der Waals surface area (Å²) in [7, 11) is 1.29. The molecule has 0 spiro atoms. The van der Waals surface area contributed by atoms with Crippen LogP contribution in [0.2, 0.25) is 0 Å². The average Bonchev–Trinajstić information content (AvgIpc) is 2.23. The molecule has 0 aromatic heterocycles. The lowest BCUT2D eigenvalue weighted by atomic mass is 9.99. The van der Waals surface area contributed by atoms with Gasteiger partial charge in [0.25, 0.3) is 0 Å². The normalized spacial score (nSPS) is 22.8. The van der Waals surface area contributed by atoms with E-state index in [1.54, 1.807) is 20.8 Å². The second-order valence-corrected chi connectivity index (χ2v) is 6.22. The van der Waals surface area contributed by atoms with Crippen molar-refractivity contribution in [3.8, 4) is 0 Å². The van der Waals surface area contributed by atoms with Crippen LogP contribution in [0, 0.1) is 0 Å². The monoisotopic (exact) mass is 273 g/mol. The summed E-state index contributed by atoms with van der Waals surface area (Å²) >= 11 is 0. The van der Waals surface area contributed by atoms with Gasteiger partial charge in [-0.15, -0.1) is 0 Å². The first-order valence-electron chi connectivity index (χ1n) is 6.26. The number of hydrogen-bond acceptors (Lipinski definition) is 5. The SMILES string of the molecule is COC(=O)C1COCC(C)(C)N1C(=O)OC(C)(C)C. The van der Waals surface area contributed by atoms with Gasteiger partial charge in [-0.1, -0.05) is 0 Å². The van der Waals surface area contributed by atoms with Crippen LogP contribution in [0.4, 0.5) is 4.79 Å². The molecule has 6 nitrogen and oxygen atoms in total. The van der Waals surface area contributed by atoms with Gasteiger partial charge in [0.2, 0.25) is 0 Å². The van der Waals surface area contributed by atoms with Gasteiger partial charge in [-0.05, 0) is 34.6 Å². The van der Waals surface area contributed by atoms with Crippen molar-refractivity contribution in [2.24, 2.45) is 0 Å². The Labute approximate surface area is 114 Å². The third-order valence-electron chi connectivity index (χ3n) is 2.76. The summed E-state index contributed by atoms with van der Waals surface area (Å²) in [6, 6.07) is -0.774. The predicted octanol–water partition coefficient (Wildman–Crippen LogP) is 1.57. The highest BCUT2D eigenvalue weighted by Gasteiger charge is 2.46. The molecule has 19 heavy (non-hydrogen) atoms. The Hall–Kier alpha value is -1.30. The molecule has 1 aliphatic rings. The molecule has 0 aliphatic carbocycles. The van der Waals surface area contributed by atoms with Crippen molar-refractivity contribution in [1.29, 1.82) is 0 Å². The van der Waals surface area contributed by atoms with Crippen LogP contribution in [-0.4, -0.2) is 54.5 Å². The molecule has 1 atom stereocenters. The van der Waals surface area contributed by atoms with Crippen LogP contribution in [-0.2, 0) is 19.0 Å². The number of carbonyl (C=O) groups is 2. The topological polar surface area (TPSA) is 65.1 Å². The first-order chi connectivity index (χ1) is 8.58. The molecule has 1 amide bonds. The minimum atomic E-state index is -0.774. The van der Waals surface area contributed by atoms with Crippen LogP contribution >= 0.6 is 0 Å². The van der Waals surface area contributed by atoms with E-state index in [2.05, 4.69) is 0 Å². The maximum atomic E-state index is 12.3. The van der Waals surface area contributed by atoms with E-state index >= 15 is 0 Å². The quantitative estimate of drug-likeness (QED) is 0.679. The van der Waals surface area contributed by atoms with E-state index in [0.29, 0.717) is 6.61 Å². The lowest BCUT2D eigenvalue weighted by Crippen LogP contribution is -2.63. The van der Waals surface area contributed by atoms with Crippen LogP contribution in [0.15, 0.2) is 0 Å². The lowest BCUT2D eigenvalue weighted by Gasteiger charge is -2.45. The van der Waals surface area contributed by atoms with Gasteiger partial charge in [-0.2, -0.15) is 0 Å². The first-order valence-corrected chi connectivity index (χ1v) is 6.26. The van der Waals surface area contributed by atoms with E-state index in [9.17, 15) is 9.59 Å². The fourth-order valence-electron chi connectivity index (χ4n) is 1.98. The maximum Gasteiger partial charge on any atom is 0.411 e. The fourth-order valence-corrected chi connectivity index (χ4v) is 1.98. The summed E-state index contributed by atoms with van der Waals surface area (Å²) in [4.78, 5) is 25.5. The molecule has 0 aromatic carbocycles. The molecule has 0 saturated carbocycles. The Balaban J connectivity index is 2.99. The summed E-state index contributed by atoms with van der Waals surface area (Å²) in [6.07, 6.45) is -0.531. The van der Waals surface area contributed by atoms with Gasteiger partial charge in [0, 0.05) is 0 Å². The van der Waals surface area contributed by atoms with Gasteiger partial charge < -0.3 is 14.2 Å². The zero-order chi connectivity index (χ0) is 14.8. The number of methoxy groups -OCH3 is 1. The molecule has 1 saturated heterocycles. The summed E-state index contributed by atoms with van der Waals surface area (Å²) in [6.45, 7) is 9.47. The third-order valence-corrected chi connectivity index (χ3v) is 2.76. The second kappa shape index (κ2) is 5.36. The van der Waals surface area contributed by atoms with Crippen molar-refractivity contribution in [3.63, 3.8) is 0 Å². The van der Waals surface area contributed by atoms with Gasteiger partial charge in [0.05, 0.1) is 25.9 Å². The minimum Gasteiger partial charge on any atom is -0.467 e. The number of rotatable bonds is 1. The third kappa shape index (κ3) is 3.83. The Morgan fingerprint density at radius 1 is 1.32 bits per heavy atom. The van der Waals surface area contributed by atoms with Crippen LogP contribution in [0.5, 0.6) is 0 Å². The van der Waals surface area contributed by atoms with Crippen molar-refractivity contribution in [2.75, 3.05) is 20.3 Å². The van der Waals surface area contributed by atoms with Gasteiger partial charge in [-0.3, -0.25) is 4.90 Å². The van der Waals surface area contributed by atoms with Crippen molar-refractivity contribution < 1.29 is 23.8 Å². The van der Waals surface area contributed by atoms with Gasteiger partial charge >= 0.3 is 12.1 Å². The number of carbonyl (C=O) groups excluding carboxylic acids is 2. The first kappa shape index (κ1) is 15.8. The summed E-state index contributed by atoms with van der Waals surface area (Å²) in [5.41, 5.74) is -1.24. The van der Waals surface area contributed by atoms with Crippen LogP contribution in [0.3, 0.4) is 0 Å². The summed E-state index contributed by atoms with van der Waals surface area (Å²) in [5, 5.41) is 0. The highest BCUT2D eigenvalue weighted by atomic mass is 16.6. The van der Waals surface area contributed by atoms with Crippen LogP contribution in [0.1, 0.15) is 34.6 Å². The van der Waals surface area contributed by atoms with E-state index in [-0.39, 0.29) is 6.61 Å². The Morgan fingerprint density at radius 3 is 2.37 bits per heavy atom. The number of ether oxygens (including phenoxy) is 3. The number of esters is 1. The van der Waals surface area contributed by atoms with Crippen molar-refractivity contribution in [2.45, 2.75) is 51.8 Å². The standard InChI is InChI=1S/C13H23NO5/c1-12(2,3)19-11(16)14-9(10(15)17-6)7-18-8-13(14,4)5/h9H,7-8H2,1-6H3. The van der Waals surface area contributed by atoms with E-state index < -0.39 is 29.2 Å². The molecule has 6 heteroatoms. The van der Waals surface area contributed by atoms with Crippen molar-refractivity contribution >= 4 is 12.1 Å². The van der Waals surface area contributed by atoms with E-state index in [4.69, 9.17) is 14.2 Å². The molecular formula is C13H23NO5. The number of hydrogen-bond donors (Lipinski definition) is 0. The average molecular weight is 273 g/mol. The molecule has 1 aliphatic heterocycles. The smallest absolute Gasteiger partial charge is 0.411 e. The zero-order valence-corrected chi connectivity index (χ0v) is 12.5. The molecule has 1 rings (SSSR count). The van der Waals surface area contributed by atoms with Crippen LogP contribution < -0.4 is 0 Å². The van der Waals surface area contributed by atoms with Crippen molar-refractivity contribution in [3.05, 3.63) is 0 Å². The Kier molecular flexibility index (Phi) is 4.45. The lowest BCUT2D eigenvalue weighted by molar-refractivity contribution is -0.161. The molecule has 0 bridgehead atoms. The number of nitrogens with zero attached hydrogens (tertiary/aromatic N) is 1. The van der Waals surface area contributed by atoms with E-state index in [1.165, 1.54) is 12.0 Å². The van der Waals surface area contributed by atoms with Crippen molar-refractivity contribution in [1.82, 2.24) is 4.90 Å². The highest BCUT2D eigenvalue weighted by Crippen LogP contribution is 2.26. The summed E-state index contributed by atoms with van der Waals surface area (Å²) < 4.78 is 15.5. The highest BCUT2D eigenvalue weighted by molar-refractivity contribution is 5.82. The van der Waals surface area contributed by atoms with Crippen LogP contribution in [0.25, 0.3) is 0 Å². The molecule has 1 heterocycles. The largest absolute Gasteiger partial charge is 0.467 e. The molecule has 1 fully saturated rings. The van der Waals surface area contributed by atoms with Gasteiger partial charge in [-0.25, -0.2) is 9.59 Å². The Morgan fingerprint density at radius 2 is 1.89 bits per heavy atom. The number of amides is 1. The van der Waals surface area contributed by atoms with Gasteiger partial charge in [0.15, 0.2) is 6.04 Å². The fraction of sp³-hybridized carbons (Fsp3) is 0.846. The van der Waals surface area contributed by atoms with Gasteiger partial charge in [0.1, 0.15) is 5.60 Å². The predicted molar refractivity (Wildman–Crippen MR) is 68.8 cm³/mol. The molecule has 0 N–H and O–H groups in total. The second-order valence-electron chi connectivity index (χ2n) is 6.22. The molecule has 0 radical (unpaired) electrons. The molecular weight excluding hydrogens is 250 g/mol. The van der Waals surface area contributed by atoms with E-state index in [0.717, 1.165) is 0 Å². The number of morpholine rings is 1. The molecule has 0 aromatic rings. The molecule has 1 unspecified atom stereocenters. The summed E-state index contributed by atoms with van der Waals surface area (Å²) in [5.74, 6) is -0.501. The maximum absolute atomic E-state index is 12.3. The Bertz CT molecular complexity index is 359. The minimum absolute atomic E-state index is 0.120. The zero-order valence-electron chi connectivity index (χ0n) is 12.5.